The molecule has 1 saturated carbocycles. The van der Waals surface area contributed by atoms with Crippen molar-refractivity contribution in [3.63, 3.8) is 0 Å². The number of anilines is 2. The van der Waals surface area contributed by atoms with E-state index < -0.39 is 17.7 Å². The number of fused-ring (bicyclic) bond motifs is 2. The Hall–Kier alpha value is -5.16. The Labute approximate surface area is 325 Å². The summed E-state index contributed by atoms with van der Waals surface area (Å²) in [5.74, 6) is -0.183. The number of aromatic hydroxyl groups is 1. The van der Waals surface area contributed by atoms with Gasteiger partial charge in [-0.05, 0) is 103 Å². The molecule has 2 saturated heterocycles. The van der Waals surface area contributed by atoms with Gasteiger partial charge >= 0.3 is 0 Å². The van der Waals surface area contributed by atoms with E-state index in [4.69, 9.17) is 4.98 Å². The molecule has 3 aromatic carbocycles. The van der Waals surface area contributed by atoms with E-state index in [0.717, 1.165) is 80.9 Å². The molecule has 1 amide bonds. The molecule has 9 rings (SSSR count). The molecule has 56 heavy (non-hydrogen) atoms. The number of phenols is 1. The predicted octanol–water partition coefficient (Wildman–Crippen LogP) is 6.61. The van der Waals surface area contributed by atoms with Crippen LogP contribution < -0.4 is 9.80 Å². The minimum Gasteiger partial charge on any atom is -0.508 e. The highest BCUT2D eigenvalue weighted by molar-refractivity contribution is 6.07. The SMILES string of the molecule is O=C1CCC(N2Cc3nc(N4CCN(CC5CCN(c6c(F)cc([C@@H]7c8ccc(O)cc8CC[C@@H]7c7ccccc7)cc6F)CC5)CC4)ccc3C2=O)C(=O)C1. The molecule has 3 fully saturated rings. The van der Waals surface area contributed by atoms with E-state index in [1.54, 1.807) is 17.0 Å². The van der Waals surface area contributed by atoms with Gasteiger partial charge in [0.05, 0.1) is 30.3 Å². The molecule has 1 aromatic heterocycles. The fourth-order valence-electron chi connectivity index (χ4n) is 10.0. The smallest absolute Gasteiger partial charge is 0.256 e. The molecular formula is C45H47F2N5O4. The highest BCUT2D eigenvalue weighted by Crippen LogP contribution is 2.48. The Morgan fingerprint density at radius 2 is 1.50 bits per heavy atom. The first-order chi connectivity index (χ1) is 27.2. The van der Waals surface area contributed by atoms with E-state index in [1.807, 2.05) is 41.3 Å². The summed E-state index contributed by atoms with van der Waals surface area (Å²) in [6, 6.07) is 21.8. The third-order valence-corrected chi connectivity index (χ3v) is 12.9. The third-order valence-electron chi connectivity index (χ3n) is 12.9. The highest BCUT2D eigenvalue weighted by Gasteiger charge is 2.40. The molecular weight excluding hydrogens is 713 g/mol. The van der Waals surface area contributed by atoms with Gasteiger partial charge in [0, 0.05) is 58.2 Å². The number of nitrogens with zero attached hydrogens (tertiary/aromatic N) is 5. The number of aromatic nitrogens is 1. The zero-order chi connectivity index (χ0) is 38.5. The molecule has 0 bridgehead atoms. The van der Waals surface area contributed by atoms with E-state index >= 15 is 8.78 Å². The maximum atomic E-state index is 16.1. The Balaban J connectivity index is 0.810. The lowest BCUT2D eigenvalue weighted by atomic mass is 9.69. The van der Waals surface area contributed by atoms with Crippen molar-refractivity contribution in [3.8, 4) is 5.75 Å². The Kier molecular flexibility index (Phi) is 9.81. The molecule has 4 heterocycles. The van der Waals surface area contributed by atoms with Crippen LogP contribution in [0.4, 0.5) is 20.3 Å². The van der Waals surface area contributed by atoms with Crippen LogP contribution in [0.5, 0.6) is 5.75 Å². The highest BCUT2D eigenvalue weighted by atomic mass is 19.1. The van der Waals surface area contributed by atoms with Gasteiger partial charge in [-0.25, -0.2) is 13.8 Å². The average molecular weight is 760 g/mol. The number of aryl methyl sites for hydroxylation is 1. The van der Waals surface area contributed by atoms with Crippen LogP contribution in [0.15, 0.2) is 72.8 Å². The van der Waals surface area contributed by atoms with Crippen LogP contribution in [0.25, 0.3) is 0 Å². The van der Waals surface area contributed by atoms with E-state index in [0.29, 0.717) is 55.2 Å². The van der Waals surface area contributed by atoms with Gasteiger partial charge in [-0.2, -0.15) is 0 Å². The zero-order valence-corrected chi connectivity index (χ0v) is 31.5. The molecule has 1 N–H and O–H groups in total. The second-order valence-corrected chi connectivity index (χ2v) is 16.3. The van der Waals surface area contributed by atoms with Crippen LogP contribution in [0.3, 0.4) is 0 Å². The van der Waals surface area contributed by atoms with Crippen molar-refractivity contribution < 1.29 is 28.3 Å². The van der Waals surface area contributed by atoms with Crippen molar-refractivity contribution in [2.45, 2.75) is 69.4 Å². The van der Waals surface area contributed by atoms with Gasteiger partial charge in [-0.3, -0.25) is 19.3 Å². The summed E-state index contributed by atoms with van der Waals surface area (Å²) in [4.78, 5) is 50.4. The van der Waals surface area contributed by atoms with Crippen LogP contribution in [-0.4, -0.2) is 89.2 Å². The summed E-state index contributed by atoms with van der Waals surface area (Å²) in [5, 5.41) is 10.2. The molecule has 0 spiro atoms. The van der Waals surface area contributed by atoms with Crippen molar-refractivity contribution in [2.75, 3.05) is 55.6 Å². The first-order valence-corrected chi connectivity index (χ1v) is 20.1. The fraction of sp³-hybridized carbons (Fsp3) is 0.422. The number of amides is 1. The Bertz CT molecular complexity index is 2140. The van der Waals surface area contributed by atoms with Gasteiger partial charge in [-0.15, -0.1) is 0 Å². The first kappa shape index (κ1) is 36.5. The first-order valence-electron chi connectivity index (χ1n) is 20.1. The molecule has 11 heteroatoms. The molecule has 1 unspecified atom stereocenters. The molecule has 2 aliphatic carbocycles. The van der Waals surface area contributed by atoms with Gasteiger partial charge < -0.3 is 19.8 Å². The van der Waals surface area contributed by atoms with Gasteiger partial charge in [-0.1, -0.05) is 36.4 Å². The van der Waals surface area contributed by atoms with Crippen LogP contribution in [0.1, 0.15) is 88.7 Å². The molecule has 290 valence electrons. The monoisotopic (exact) mass is 759 g/mol. The number of halogens is 2. The number of Topliss-reactive ketones (excluding diaryl/α,β-unsaturated/α-hetero) is 2. The standard InChI is InChI=1S/C45H47F2N5O4/c46-37-23-31(43-34(29-4-2-1-3-5-29)9-6-30-22-32(53)7-10-35(30)43)24-38(47)44(37)51-16-14-28(15-17-51)26-49-18-20-50(21-19-49)42-13-11-36-39(48-42)27-52(45(36)56)40-12-8-33(54)25-41(40)55/h1-5,7,10-11,13,22-24,28,34,40,43,53H,6,8-9,12,14-21,25-27H2/t34-,40?,43+/m1/s1. The lowest BCUT2D eigenvalue weighted by molar-refractivity contribution is -0.133. The van der Waals surface area contributed by atoms with Gasteiger partial charge in [0.15, 0.2) is 5.78 Å². The number of carbonyl (C=O) groups is 3. The Morgan fingerprint density at radius 1 is 0.750 bits per heavy atom. The van der Waals surface area contributed by atoms with Gasteiger partial charge in [0.2, 0.25) is 0 Å². The number of pyridine rings is 1. The van der Waals surface area contributed by atoms with Crippen molar-refractivity contribution >= 4 is 29.0 Å². The van der Waals surface area contributed by atoms with Crippen molar-refractivity contribution in [2.24, 2.45) is 5.92 Å². The largest absolute Gasteiger partial charge is 0.508 e. The lowest BCUT2D eigenvalue weighted by Crippen LogP contribution is -2.49. The molecule has 5 aliphatic rings. The summed E-state index contributed by atoms with van der Waals surface area (Å²) in [6.07, 6.45) is 3.92. The predicted molar refractivity (Wildman–Crippen MR) is 209 cm³/mol. The number of hydrogen-bond donors (Lipinski definition) is 1. The van der Waals surface area contributed by atoms with Gasteiger partial charge in [0.1, 0.15) is 34.7 Å². The molecule has 3 aliphatic heterocycles. The van der Waals surface area contributed by atoms with Crippen LogP contribution in [-0.2, 0) is 22.6 Å². The van der Waals surface area contributed by atoms with Crippen LogP contribution in [0, 0.1) is 17.6 Å². The van der Waals surface area contributed by atoms with Crippen molar-refractivity contribution in [3.05, 3.63) is 118 Å². The van der Waals surface area contributed by atoms with E-state index in [9.17, 15) is 19.5 Å². The molecule has 9 nitrogen and oxygen atoms in total. The maximum absolute atomic E-state index is 16.1. The van der Waals surface area contributed by atoms with E-state index in [2.05, 4.69) is 21.9 Å². The zero-order valence-electron chi connectivity index (χ0n) is 31.5. The fourth-order valence-corrected chi connectivity index (χ4v) is 10.0. The topological polar surface area (TPSA) is 97.3 Å². The van der Waals surface area contributed by atoms with E-state index in [-0.39, 0.29) is 47.2 Å². The van der Waals surface area contributed by atoms with Crippen molar-refractivity contribution in [1.29, 1.82) is 0 Å². The second-order valence-electron chi connectivity index (χ2n) is 16.3. The summed E-state index contributed by atoms with van der Waals surface area (Å²) in [6.45, 7) is 5.74. The van der Waals surface area contributed by atoms with Crippen molar-refractivity contribution in [1.82, 2.24) is 14.8 Å². The number of carbonyl (C=O) groups excluding carboxylic acids is 3. The van der Waals surface area contributed by atoms with Crippen LogP contribution >= 0.6 is 0 Å². The van der Waals surface area contributed by atoms with Crippen LogP contribution in [0.2, 0.25) is 0 Å². The maximum Gasteiger partial charge on any atom is 0.256 e. The summed E-state index contributed by atoms with van der Waals surface area (Å²) in [5.41, 5.74) is 5.08. The Morgan fingerprint density at radius 3 is 2.23 bits per heavy atom. The molecule has 3 atom stereocenters. The minimum absolute atomic E-state index is 0.0594. The van der Waals surface area contributed by atoms with E-state index in [1.165, 1.54) is 12.1 Å². The quantitative estimate of drug-likeness (QED) is 0.211. The molecule has 0 radical (unpaired) electrons. The van der Waals surface area contributed by atoms with Gasteiger partial charge in [0.25, 0.3) is 5.91 Å². The number of benzene rings is 3. The number of piperazine rings is 1. The number of ketones is 2. The summed E-state index contributed by atoms with van der Waals surface area (Å²) < 4.78 is 32.2. The minimum atomic E-state index is -0.553. The number of piperidine rings is 1. The summed E-state index contributed by atoms with van der Waals surface area (Å²) >= 11 is 0. The average Bonchev–Trinajstić information content (AvgIpc) is 3.53. The number of hydrogen-bond acceptors (Lipinski definition) is 8. The normalized spacial score (nSPS) is 23.4. The lowest BCUT2D eigenvalue weighted by Gasteiger charge is -2.40. The molecule has 4 aromatic rings. The number of phenolic OH excluding ortho intramolecular Hbond substituents is 1. The summed E-state index contributed by atoms with van der Waals surface area (Å²) in [7, 11) is 0. The number of rotatable bonds is 7. The third kappa shape index (κ3) is 6.95. The second kappa shape index (κ2) is 15.1.